The molecule has 2 aliphatic heterocycles. The van der Waals surface area contributed by atoms with Gasteiger partial charge >= 0.3 is 0 Å². The smallest absolute Gasteiger partial charge is 0.126 e. The Labute approximate surface area is 132 Å². The number of piperidine rings is 1. The highest BCUT2D eigenvalue weighted by molar-refractivity contribution is 5.91. The largest absolute Gasteiger partial charge is 0.496 e. The quantitative estimate of drug-likeness (QED) is 0.942. The lowest BCUT2D eigenvalue weighted by Crippen LogP contribution is -2.39. The van der Waals surface area contributed by atoms with Crippen molar-refractivity contribution in [3.63, 3.8) is 0 Å². The molecule has 2 unspecified atom stereocenters. The number of ether oxygens (including phenoxy) is 1. The molecule has 2 aromatic rings. The van der Waals surface area contributed by atoms with E-state index in [2.05, 4.69) is 46.6 Å². The molecule has 2 saturated heterocycles. The van der Waals surface area contributed by atoms with E-state index in [1.807, 2.05) is 0 Å². The van der Waals surface area contributed by atoms with E-state index >= 15 is 0 Å². The number of benzene rings is 2. The molecule has 0 saturated carbocycles. The normalized spacial score (nSPS) is 25.3. The third-order valence-electron chi connectivity index (χ3n) is 5.38. The lowest BCUT2D eigenvalue weighted by molar-refractivity contribution is 0.142. The van der Waals surface area contributed by atoms with Crippen molar-refractivity contribution in [3.05, 3.63) is 42.0 Å². The van der Waals surface area contributed by atoms with Crippen molar-refractivity contribution >= 4 is 10.8 Å². The zero-order chi connectivity index (χ0) is 14.9. The van der Waals surface area contributed by atoms with Crippen LogP contribution in [0.3, 0.4) is 0 Å². The molecule has 3 heteroatoms. The molecule has 2 aliphatic rings. The first kappa shape index (κ1) is 14.0. The predicted octanol–water partition coefficient (Wildman–Crippen LogP) is 2.89. The zero-order valence-electron chi connectivity index (χ0n) is 13.2. The molecule has 0 radical (unpaired) electrons. The Morgan fingerprint density at radius 2 is 1.91 bits per heavy atom. The lowest BCUT2D eigenvalue weighted by Gasteiger charge is -2.34. The summed E-state index contributed by atoms with van der Waals surface area (Å²) in [5, 5.41) is 6.10. The summed E-state index contributed by atoms with van der Waals surface area (Å²) in [6.45, 7) is 5.93. The Kier molecular flexibility index (Phi) is 3.77. The van der Waals surface area contributed by atoms with E-state index in [0.717, 1.165) is 24.1 Å². The van der Waals surface area contributed by atoms with Crippen LogP contribution in [0.4, 0.5) is 0 Å². The second kappa shape index (κ2) is 5.90. The molecule has 22 heavy (non-hydrogen) atoms. The summed E-state index contributed by atoms with van der Waals surface area (Å²) in [5.41, 5.74) is 1.42. The van der Waals surface area contributed by atoms with Crippen LogP contribution in [-0.2, 0) is 6.54 Å². The first-order valence-corrected chi connectivity index (χ1v) is 8.33. The van der Waals surface area contributed by atoms with Gasteiger partial charge in [-0.25, -0.2) is 0 Å². The maximum absolute atomic E-state index is 5.51. The molecular weight excluding hydrogens is 272 g/mol. The van der Waals surface area contributed by atoms with Crippen LogP contribution in [0.5, 0.6) is 5.75 Å². The number of rotatable bonds is 3. The number of hydrogen-bond acceptors (Lipinski definition) is 3. The van der Waals surface area contributed by atoms with Gasteiger partial charge in [-0.05, 0) is 54.9 Å². The molecule has 2 aromatic carbocycles. The van der Waals surface area contributed by atoms with Gasteiger partial charge in [0.25, 0.3) is 0 Å². The molecule has 3 nitrogen and oxygen atoms in total. The van der Waals surface area contributed by atoms with Crippen LogP contribution in [0.15, 0.2) is 36.4 Å². The van der Waals surface area contributed by atoms with Gasteiger partial charge in [0.05, 0.1) is 7.11 Å². The van der Waals surface area contributed by atoms with Gasteiger partial charge in [-0.15, -0.1) is 0 Å². The fraction of sp³-hybridized carbons (Fsp3) is 0.474. The minimum atomic E-state index is 0.846. The van der Waals surface area contributed by atoms with Crippen molar-refractivity contribution in [1.29, 1.82) is 0 Å². The van der Waals surface area contributed by atoms with Crippen molar-refractivity contribution in [2.24, 2.45) is 11.8 Å². The summed E-state index contributed by atoms with van der Waals surface area (Å²) in [4.78, 5) is 2.63. The maximum atomic E-state index is 5.51. The molecule has 0 spiro atoms. The van der Waals surface area contributed by atoms with Gasteiger partial charge in [0.1, 0.15) is 5.75 Å². The van der Waals surface area contributed by atoms with Gasteiger partial charge in [-0.2, -0.15) is 0 Å². The van der Waals surface area contributed by atoms with Gasteiger partial charge < -0.3 is 10.1 Å². The topological polar surface area (TPSA) is 24.5 Å². The summed E-state index contributed by atoms with van der Waals surface area (Å²) in [7, 11) is 1.75. The first-order chi connectivity index (χ1) is 10.8. The second-order valence-electron chi connectivity index (χ2n) is 6.67. The van der Waals surface area contributed by atoms with Gasteiger partial charge in [0, 0.05) is 18.5 Å². The maximum Gasteiger partial charge on any atom is 0.126 e. The van der Waals surface area contributed by atoms with Crippen LogP contribution in [0, 0.1) is 11.8 Å². The highest BCUT2D eigenvalue weighted by atomic mass is 16.5. The SMILES string of the molecule is COc1ccc(CN2CCC3CNCC3C2)c2ccccc12. The van der Waals surface area contributed by atoms with E-state index in [0.29, 0.717) is 0 Å². The fourth-order valence-corrected chi connectivity index (χ4v) is 4.14. The summed E-state index contributed by atoms with van der Waals surface area (Å²) in [5.74, 6) is 2.72. The van der Waals surface area contributed by atoms with Crippen LogP contribution in [-0.4, -0.2) is 38.2 Å². The average molecular weight is 296 g/mol. The molecular formula is C19H24N2O. The van der Waals surface area contributed by atoms with E-state index in [1.165, 1.54) is 48.9 Å². The number of fused-ring (bicyclic) bond motifs is 2. The van der Waals surface area contributed by atoms with Gasteiger partial charge in [0.2, 0.25) is 0 Å². The highest BCUT2D eigenvalue weighted by Gasteiger charge is 2.32. The molecule has 0 aromatic heterocycles. The number of methoxy groups -OCH3 is 1. The number of hydrogen-bond donors (Lipinski definition) is 1. The predicted molar refractivity (Wildman–Crippen MR) is 90.2 cm³/mol. The Morgan fingerprint density at radius 1 is 1.09 bits per heavy atom. The third-order valence-corrected chi connectivity index (χ3v) is 5.38. The average Bonchev–Trinajstić information content (AvgIpc) is 3.03. The van der Waals surface area contributed by atoms with Crippen molar-refractivity contribution in [2.45, 2.75) is 13.0 Å². The van der Waals surface area contributed by atoms with Gasteiger partial charge in [-0.1, -0.05) is 30.3 Å². The van der Waals surface area contributed by atoms with Crippen molar-refractivity contribution in [3.8, 4) is 5.75 Å². The fourth-order valence-electron chi connectivity index (χ4n) is 4.14. The van der Waals surface area contributed by atoms with E-state index in [-0.39, 0.29) is 0 Å². The van der Waals surface area contributed by atoms with E-state index in [9.17, 15) is 0 Å². The Morgan fingerprint density at radius 3 is 2.77 bits per heavy atom. The summed E-state index contributed by atoms with van der Waals surface area (Å²) < 4.78 is 5.51. The monoisotopic (exact) mass is 296 g/mol. The molecule has 4 rings (SSSR count). The minimum Gasteiger partial charge on any atom is -0.496 e. The lowest BCUT2D eigenvalue weighted by atomic mass is 9.88. The van der Waals surface area contributed by atoms with Crippen molar-refractivity contribution < 1.29 is 4.74 Å². The van der Waals surface area contributed by atoms with Crippen LogP contribution in [0.2, 0.25) is 0 Å². The first-order valence-electron chi connectivity index (χ1n) is 8.33. The van der Waals surface area contributed by atoms with Crippen LogP contribution in [0.25, 0.3) is 10.8 Å². The molecule has 2 atom stereocenters. The molecule has 0 bridgehead atoms. The Balaban J connectivity index is 1.59. The van der Waals surface area contributed by atoms with Crippen molar-refractivity contribution in [2.75, 3.05) is 33.3 Å². The Hall–Kier alpha value is -1.58. The van der Waals surface area contributed by atoms with Crippen molar-refractivity contribution in [1.82, 2.24) is 10.2 Å². The summed E-state index contributed by atoms with van der Waals surface area (Å²) >= 11 is 0. The van der Waals surface area contributed by atoms with Crippen LogP contribution < -0.4 is 10.1 Å². The summed E-state index contributed by atoms with van der Waals surface area (Å²) in [6, 6.07) is 12.9. The van der Waals surface area contributed by atoms with Crippen LogP contribution >= 0.6 is 0 Å². The summed E-state index contributed by atoms with van der Waals surface area (Å²) in [6.07, 6.45) is 1.34. The second-order valence-corrected chi connectivity index (χ2v) is 6.67. The Bertz CT molecular complexity index is 670. The number of nitrogens with zero attached hydrogens (tertiary/aromatic N) is 1. The molecule has 1 N–H and O–H groups in total. The molecule has 0 aliphatic carbocycles. The highest BCUT2D eigenvalue weighted by Crippen LogP contribution is 2.31. The van der Waals surface area contributed by atoms with E-state index < -0.39 is 0 Å². The molecule has 2 heterocycles. The zero-order valence-corrected chi connectivity index (χ0v) is 13.2. The van der Waals surface area contributed by atoms with Gasteiger partial charge in [0.15, 0.2) is 0 Å². The number of nitrogens with one attached hydrogen (secondary N) is 1. The standard InChI is InChI=1S/C19H24N2O/c1-22-19-7-6-15(17-4-2-3-5-18(17)19)12-21-9-8-14-10-20-11-16(14)13-21/h2-7,14,16,20H,8-13H2,1H3. The minimum absolute atomic E-state index is 0.846. The van der Waals surface area contributed by atoms with E-state index in [1.54, 1.807) is 7.11 Å². The molecule has 0 amide bonds. The number of likely N-dealkylation sites (tertiary alicyclic amines) is 1. The molecule has 2 fully saturated rings. The third kappa shape index (κ3) is 2.49. The molecule has 116 valence electrons. The van der Waals surface area contributed by atoms with E-state index in [4.69, 9.17) is 4.74 Å². The van der Waals surface area contributed by atoms with Crippen LogP contribution in [0.1, 0.15) is 12.0 Å². The van der Waals surface area contributed by atoms with Gasteiger partial charge in [-0.3, -0.25) is 4.90 Å².